The molecule has 0 saturated heterocycles. The van der Waals surface area contributed by atoms with Crippen LogP contribution in [0.2, 0.25) is 0 Å². The summed E-state index contributed by atoms with van der Waals surface area (Å²) < 4.78 is 23.0. The van der Waals surface area contributed by atoms with Gasteiger partial charge in [-0.3, -0.25) is 0 Å². The molecule has 0 unspecified atom stereocenters. The van der Waals surface area contributed by atoms with E-state index in [2.05, 4.69) is 0 Å². The van der Waals surface area contributed by atoms with Gasteiger partial charge in [0, 0.05) is 5.69 Å². The van der Waals surface area contributed by atoms with Crippen molar-refractivity contribution < 1.29 is 18.3 Å². The van der Waals surface area contributed by atoms with Crippen LogP contribution in [0.15, 0.2) is 29.2 Å². The van der Waals surface area contributed by atoms with Crippen LogP contribution in [0.25, 0.3) is 0 Å². The van der Waals surface area contributed by atoms with Crippen LogP contribution in [0.4, 0.5) is 10.5 Å². The molecule has 0 bridgehead atoms. The van der Waals surface area contributed by atoms with Gasteiger partial charge in [-0.15, -0.1) is 0 Å². The molecule has 0 spiro atoms. The lowest BCUT2D eigenvalue weighted by atomic mass is 10.3. The van der Waals surface area contributed by atoms with Crippen LogP contribution in [0.1, 0.15) is 0 Å². The summed E-state index contributed by atoms with van der Waals surface area (Å²) in [5.41, 5.74) is 5.83. The van der Waals surface area contributed by atoms with E-state index in [4.69, 9.17) is 10.8 Å². The smallest absolute Gasteiger partial charge is 0.405 e. The van der Waals surface area contributed by atoms with Gasteiger partial charge in [-0.1, -0.05) is 0 Å². The summed E-state index contributed by atoms with van der Waals surface area (Å²) in [5.74, 6) is -0.647. The first-order valence-electron chi connectivity index (χ1n) is 3.97. The van der Waals surface area contributed by atoms with E-state index in [1.807, 2.05) is 0 Å². The fourth-order valence-electron chi connectivity index (χ4n) is 0.915. The minimum atomic E-state index is -3.62. The van der Waals surface area contributed by atoms with Crippen LogP contribution in [-0.2, 0) is 9.84 Å². The minimum absolute atomic E-state index is 0.0328. The highest BCUT2D eigenvalue weighted by molar-refractivity contribution is 7.91. The Morgan fingerprint density at radius 3 is 2.33 bits per heavy atom. The van der Waals surface area contributed by atoms with Gasteiger partial charge in [0.1, 0.15) is 5.88 Å². The zero-order chi connectivity index (χ0) is 11.5. The number of amides is 1. The third-order valence-corrected chi connectivity index (χ3v) is 3.17. The number of anilines is 1. The average Bonchev–Trinajstić information content (AvgIpc) is 2.16. The molecule has 0 aliphatic heterocycles. The van der Waals surface area contributed by atoms with E-state index in [0.717, 1.165) is 0 Å². The van der Waals surface area contributed by atoms with Gasteiger partial charge in [-0.2, -0.15) is 0 Å². The van der Waals surface area contributed by atoms with Gasteiger partial charge >= 0.3 is 6.09 Å². The highest BCUT2D eigenvalue weighted by Crippen LogP contribution is 2.12. The van der Waals surface area contributed by atoms with Gasteiger partial charge < -0.3 is 16.2 Å². The number of benzene rings is 1. The molecule has 0 saturated carbocycles. The van der Waals surface area contributed by atoms with Crippen LogP contribution < -0.4 is 11.1 Å². The normalized spacial score (nSPS) is 10.9. The van der Waals surface area contributed by atoms with Crippen molar-refractivity contribution in [3.05, 3.63) is 24.3 Å². The fourth-order valence-corrected chi connectivity index (χ4v) is 1.95. The minimum Gasteiger partial charge on any atom is -0.465 e. The second kappa shape index (κ2) is 4.18. The zero-order valence-corrected chi connectivity index (χ0v) is 8.49. The first kappa shape index (κ1) is 11.3. The second-order valence-corrected chi connectivity index (χ2v) is 4.80. The molecule has 7 heteroatoms. The van der Waals surface area contributed by atoms with Crippen molar-refractivity contribution in [1.29, 1.82) is 0 Å². The molecule has 1 aromatic rings. The van der Waals surface area contributed by atoms with Crippen LogP contribution >= 0.6 is 0 Å². The summed E-state index contributed by atoms with van der Waals surface area (Å²) in [7, 11) is -3.62. The topological polar surface area (TPSA) is 109 Å². The van der Waals surface area contributed by atoms with Crippen molar-refractivity contribution in [3.8, 4) is 0 Å². The molecule has 0 radical (unpaired) electrons. The molecule has 4 N–H and O–H groups in total. The highest BCUT2D eigenvalue weighted by Gasteiger charge is 2.14. The average molecular weight is 230 g/mol. The number of sulfone groups is 1. The maximum absolute atomic E-state index is 11.5. The monoisotopic (exact) mass is 230 g/mol. The van der Waals surface area contributed by atoms with Gasteiger partial charge in [-0.05, 0) is 24.3 Å². The van der Waals surface area contributed by atoms with E-state index in [9.17, 15) is 13.2 Å². The summed E-state index contributed by atoms with van der Waals surface area (Å²) in [6.45, 7) is 0. The standard InChI is InChI=1S/C8H10N2O4S/c9-6-1-3-7(4-2-6)15(13,14)5-10-8(11)12/h1-4,10H,5,9H2,(H,11,12). The van der Waals surface area contributed by atoms with Gasteiger partial charge in [0.15, 0.2) is 9.84 Å². The Labute approximate surface area is 86.6 Å². The Morgan fingerprint density at radius 2 is 1.87 bits per heavy atom. The number of nitrogens with two attached hydrogens (primary N) is 1. The maximum atomic E-state index is 11.5. The number of hydrogen-bond donors (Lipinski definition) is 3. The van der Waals surface area contributed by atoms with E-state index in [1.165, 1.54) is 24.3 Å². The van der Waals surface area contributed by atoms with Crippen molar-refractivity contribution in [2.24, 2.45) is 0 Å². The number of rotatable bonds is 3. The molecule has 0 aliphatic carbocycles. The van der Waals surface area contributed by atoms with Gasteiger partial charge in [0.2, 0.25) is 0 Å². The molecule has 0 atom stereocenters. The van der Waals surface area contributed by atoms with Gasteiger partial charge in [0.05, 0.1) is 4.90 Å². The lowest BCUT2D eigenvalue weighted by Gasteiger charge is -2.04. The Bertz CT molecular complexity index is 452. The summed E-state index contributed by atoms with van der Waals surface area (Å²) in [6, 6.07) is 5.53. The van der Waals surface area contributed by atoms with Gasteiger partial charge in [0.25, 0.3) is 0 Å². The summed E-state index contributed by atoms with van der Waals surface area (Å²) in [6.07, 6.45) is -1.38. The van der Waals surface area contributed by atoms with Crippen LogP contribution in [0.3, 0.4) is 0 Å². The summed E-state index contributed by atoms with van der Waals surface area (Å²) in [4.78, 5) is 10.2. The van der Waals surface area contributed by atoms with Crippen molar-refractivity contribution >= 4 is 21.6 Å². The summed E-state index contributed by atoms with van der Waals surface area (Å²) in [5, 5.41) is 10.1. The molecular weight excluding hydrogens is 220 g/mol. The molecule has 6 nitrogen and oxygen atoms in total. The van der Waals surface area contributed by atoms with Crippen molar-refractivity contribution in [1.82, 2.24) is 5.32 Å². The SMILES string of the molecule is Nc1ccc(S(=O)(=O)CNC(=O)O)cc1. The molecule has 15 heavy (non-hydrogen) atoms. The third-order valence-electron chi connectivity index (χ3n) is 1.65. The van der Waals surface area contributed by atoms with Gasteiger partial charge in [-0.25, -0.2) is 13.2 Å². The molecular formula is C8H10N2O4S. The van der Waals surface area contributed by atoms with E-state index in [0.29, 0.717) is 5.69 Å². The first-order chi connectivity index (χ1) is 6.92. The van der Waals surface area contributed by atoms with Crippen molar-refractivity contribution in [2.75, 3.05) is 11.6 Å². The van der Waals surface area contributed by atoms with Crippen LogP contribution in [0, 0.1) is 0 Å². The molecule has 1 aromatic carbocycles. The van der Waals surface area contributed by atoms with Crippen LogP contribution in [-0.4, -0.2) is 25.5 Å². The Hall–Kier alpha value is -1.76. The van der Waals surface area contributed by atoms with Crippen molar-refractivity contribution in [2.45, 2.75) is 4.90 Å². The molecule has 82 valence electrons. The van der Waals surface area contributed by atoms with Crippen molar-refractivity contribution in [3.63, 3.8) is 0 Å². The molecule has 1 amide bonds. The molecule has 0 aliphatic rings. The predicted molar refractivity (Wildman–Crippen MR) is 54.1 cm³/mol. The lowest BCUT2D eigenvalue weighted by Crippen LogP contribution is -2.27. The number of nitrogens with one attached hydrogen (secondary N) is 1. The molecule has 1 rings (SSSR count). The Balaban J connectivity index is 2.87. The molecule has 0 heterocycles. The van der Waals surface area contributed by atoms with E-state index >= 15 is 0 Å². The number of nitrogen functional groups attached to an aromatic ring is 1. The fraction of sp³-hybridized carbons (Fsp3) is 0.125. The molecule has 0 fully saturated rings. The molecule has 0 aromatic heterocycles. The largest absolute Gasteiger partial charge is 0.465 e. The third kappa shape index (κ3) is 3.13. The zero-order valence-electron chi connectivity index (χ0n) is 7.67. The van der Waals surface area contributed by atoms with Crippen LogP contribution in [0.5, 0.6) is 0 Å². The number of carbonyl (C=O) groups is 1. The lowest BCUT2D eigenvalue weighted by molar-refractivity contribution is 0.196. The Kier molecular flexibility index (Phi) is 3.15. The number of carboxylic acid groups (broad SMARTS) is 1. The number of hydrogen-bond acceptors (Lipinski definition) is 4. The Morgan fingerprint density at radius 1 is 1.33 bits per heavy atom. The first-order valence-corrected chi connectivity index (χ1v) is 5.62. The maximum Gasteiger partial charge on any atom is 0.405 e. The highest BCUT2D eigenvalue weighted by atomic mass is 32.2. The van der Waals surface area contributed by atoms with E-state index < -0.39 is 21.8 Å². The summed E-state index contributed by atoms with van der Waals surface area (Å²) >= 11 is 0. The predicted octanol–water partition coefficient (Wildman–Crippen LogP) is 0.268. The second-order valence-electron chi connectivity index (χ2n) is 2.81. The van der Waals surface area contributed by atoms with E-state index in [1.54, 1.807) is 5.32 Å². The quantitative estimate of drug-likeness (QED) is 0.645. The van der Waals surface area contributed by atoms with E-state index in [-0.39, 0.29) is 4.90 Å².